The molecular weight excluding hydrogens is 267 g/mol. The molecule has 20 heavy (non-hydrogen) atoms. The van der Waals surface area contributed by atoms with Crippen molar-refractivity contribution in [3.8, 4) is 11.3 Å². The van der Waals surface area contributed by atoms with E-state index >= 15 is 0 Å². The second-order valence-electron chi connectivity index (χ2n) is 4.36. The lowest BCUT2D eigenvalue weighted by Gasteiger charge is -2.09. The van der Waals surface area contributed by atoms with Crippen LogP contribution in [0.5, 0.6) is 0 Å². The van der Waals surface area contributed by atoms with E-state index in [1.807, 2.05) is 6.92 Å². The van der Waals surface area contributed by atoms with Gasteiger partial charge in [-0.1, -0.05) is 6.92 Å². The smallest absolute Gasteiger partial charge is 0.161 e. The number of aromatic nitrogens is 2. The maximum Gasteiger partial charge on any atom is 0.161 e. The molecule has 6 heteroatoms. The normalized spacial score (nSPS) is 10.7. The van der Waals surface area contributed by atoms with E-state index in [4.69, 9.17) is 0 Å². The molecule has 0 saturated heterocycles. The number of anilines is 1. The molecule has 0 fully saturated rings. The Bertz CT molecular complexity index is 629. The van der Waals surface area contributed by atoms with Gasteiger partial charge in [0, 0.05) is 24.2 Å². The SMILES string of the molecule is CCCNc1cc(-c2cc(F)c(F)cc2F)nc(C)n1. The lowest BCUT2D eigenvalue weighted by molar-refractivity contribution is 0.496. The highest BCUT2D eigenvalue weighted by Gasteiger charge is 2.14. The average molecular weight is 281 g/mol. The molecule has 2 aromatic rings. The molecule has 0 aliphatic carbocycles. The Morgan fingerprint density at radius 1 is 1.00 bits per heavy atom. The van der Waals surface area contributed by atoms with E-state index in [1.165, 1.54) is 6.07 Å². The summed E-state index contributed by atoms with van der Waals surface area (Å²) < 4.78 is 39.9. The summed E-state index contributed by atoms with van der Waals surface area (Å²) in [5.41, 5.74) is 0.126. The van der Waals surface area contributed by atoms with Crippen LogP contribution in [-0.4, -0.2) is 16.5 Å². The Labute approximate surface area is 114 Å². The number of nitrogens with one attached hydrogen (secondary N) is 1. The van der Waals surface area contributed by atoms with Crippen LogP contribution in [0.3, 0.4) is 0 Å². The molecule has 0 bridgehead atoms. The van der Waals surface area contributed by atoms with E-state index in [0.717, 1.165) is 12.5 Å². The minimum atomic E-state index is -1.22. The molecule has 1 heterocycles. The van der Waals surface area contributed by atoms with Crippen LogP contribution in [0.4, 0.5) is 19.0 Å². The molecule has 0 spiro atoms. The molecule has 0 radical (unpaired) electrons. The lowest BCUT2D eigenvalue weighted by Crippen LogP contribution is -2.05. The van der Waals surface area contributed by atoms with Crippen LogP contribution < -0.4 is 5.32 Å². The number of benzene rings is 1. The standard InChI is InChI=1S/C14H14F3N3/c1-3-4-18-14-7-13(19-8(2)20-14)9-5-11(16)12(17)6-10(9)15/h5-7H,3-4H2,1-2H3,(H,18,19,20). The van der Waals surface area contributed by atoms with Crippen molar-refractivity contribution in [3.63, 3.8) is 0 Å². The number of nitrogens with zero attached hydrogens (tertiary/aromatic N) is 2. The van der Waals surface area contributed by atoms with Crippen LogP contribution in [0.15, 0.2) is 18.2 Å². The van der Waals surface area contributed by atoms with Gasteiger partial charge >= 0.3 is 0 Å². The number of rotatable bonds is 4. The van der Waals surface area contributed by atoms with Gasteiger partial charge < -0.3 is 5.32 Å². The monoisotopic (exact) mass is 281 g/mol. The zero-order valence-electron chi connectivity index (χ0n) is 11.2. The van der Waals surface area contributed by atoms with Crippen molar-refractivity contribution in [2.45, 2.75) is 20.3 Å². The van der Waals surface area contributed by atoms with Gasteiger partial charge in [-0.05, 0) is 19.4 Å². The minimum Gasteiger partial charge on any atom is -0.370 e. The first kappa shape index (κ1) is 14.3. The van der Waals surface area contributed by atoms with Crippen molar-refractivity contribution < 1.29 is 13.2 Å². The fraction of sp³-hybridized carbons (Fsp3) is 0.286. The van der Waals surface area contributed by atoms with E-state index in [0.29, 0.717) is 24.3 Å². The second kappa shape index (κ2) is 5.90. The van der Waals surface area contributed by atoms with Gasteiger partial charge in [-0.2, -0.15) is 0 Å². The Morgan fingerprint density at radius 3 is 2.40 bits per heavy atom. The molecule has 1 aromatic carbocycles. The van der Waals surface area contributed by atoms with E-state index < -0.39 is 17.5 Å². The van der Waals surface area contributed by atoms with Crippen LogP contribution in [0, 0.1) is 24.4 Å². The predicted octanol–water partition coefficient (Wildman–Crippen LogP) is 3.69. The topological polar surface area (TPSA) is 37.8 Å². The molecule has 0 amide bonds. The highest BCUT2D eigenvalue weighted by atomic mass is 19.2. The third-order valence-corrected chi connectivity index (χ3v) is 2.68. The summed E-state index contributed by atoms with van der Waals surface area (Å²) in [5, 5.41) is 3.05. The molecule has 0 atom stereocenters. The van der Waals surface area contributed by atoms with Gasteiger partial charge in [0.25, 0.3) is 0 Å². The summed E-state index contributed by atoms with van der Waals surface area (Å²) in [7, 11) is 0. The fourth-order valence-electron chi connectivity index (χ4n) is 1.77. The molecule has 0 aliphatic heterocycles. The average Bonchev–Trinajstić information content (AvgIpc) is 2.40. The molecular formula is C14H14F3N3. The van der Waals surface area contributed by atoms with E-state index in [9.17, 15) is 13.2 Å². The van der Waals surface area contributed by atoms with Crippen LogP contribution >= 0.6 is 0 Å². The molecule has 106 valence electrons. The van der Waals surface area contributed by atoms with Gasteiger partial charge in [-0.15, -0.1) is 0 Å². The second-order valence-corrected chi connectivity index (χ2v) is 4.36. The first-order chi connectivity index (χ1) is 9.51. The highest BCUT2D eigenvalue weighted by Crippen LogP contribution is 2.25. The zero-order valence-corrected chi connectivity index (χ0v) is 11.2. The lowest BCUT2D eigenvalue weighted by atomic mass is 10.1. The first-order valence-electron chi connectivity index (χ1n) is 6.25. The summed E-state index contributed by atoms with van der Waals surface area (Å²) >= 11 is 0. The van der Waals surface area contributed by atoms with E-state index in [-0.39, 0.29) is 11.3 Å². The van der Waals surface area contributed by atoms with Crippen molar-refractivity contribution in [1.82, 2.24) is 9.97 Å². The maximum absolute atomic E-state index is 13.7. The Kier molecular flexibility index (Phi) is 4.22. The number of aryl methyl sites for hydroxylation is 1. The van der Waals surface area contributed by atoms with Gasteiger partial charge in [0.1, 0.15) is 17.5 Å². The number of hydrogen-bond donors (Lipinski definition) is 1. The van der Waals surface area contributed by atoms with Crippen molar-refractivity contribution in [2.24, 2.45) is 0 Å². The quantitative estimate of drug-likeness (QED) is 0.868. The largest absolute Gasteiger partial charge is 0.370 e. The van der Waals surface area contributed by atoms with Gasteiger partial charge in [0.2, 0.25) is 0 Å². The third-order valence-electron chi connectivity index (χ3n) is 2.68. The summed E-state index contributed by atoms with van der Waals surface area (Å²) in [6.45, 7) is 4.35. The molecule has 2 rings (SSSR count). The van der Waals surface area contributed by atoms with Crippen molar-refractivity contribution in [2.75, 3.05) is 11.9 Å². The van der Waals surface area contributed by atoms with Gasteiger partial charge in [-0.3, -0.25) is 0 Å². The highest BCUT2D eigenvalue weighted by molar-refractivity contribution is 5.63. The molecule has 0 saturated carbocycles. The molecule has 1 aromatic heterocycles. The maximum atomic E-state index is 13.7. The van der Waals surface area contributed by atoms with Crippen LogP contribution in [0.2, 0.25) is 0 Å². The molecule has 0 unspecified atom stereocenters. The summed E-state index contributed by atoms with van der Waals surface area (Å²) in [6, 6.07) is 2.83. The minimum absolute atomic E-state index is 0.0889. The Hall–Kier alpha value is -2.11. The summed E-state index contributed by atoms with van der Waals surface area (Å²) in [6.07, 6.45) is 0.901. The fourth-order valence-corrected chi connectivity index (χ4v) is 1.77. The molecule has 3 nitrogen and oxygen atoms in total. The Balaban J connectivity index is 2.47. The van der Waals surface area contributed by atoms with Crippen LogP contribution in [-0.2, 0) is 0 Å². The van der Waals surface area contributed by atoms with Crippen LogP contribution in [0.25, 0.3) is 11.3 Å². The summed E-state index contributed by atoms with van der Waals surface area (Å²) in [4.78, 5) is 8.22. The summed E-state index contributed by atoms with van der Waals surface area (Å²) in [5.74, 6) is -2.24. The van der Waals surface area contributed by atoms with Crippen molar-refractivity contribution in [3.05, 3.63) is 41.5 Å². The van der Waals surface area contributed by atoms with Crippen molar-refractivity contribution >= 4 is 5.82 Å². The van der Waals surface area contributed by atoms with Gasteiger partial charge in [0.05, 0.1) is 5.69 Å². The van der Waals surface area contributed by atoms with Crippen LogP contribution in [0.1, 0.15) is 19.2 Å². The number of halogens is 3. The third kappa shape index (κ3) is 3.07. The molecule has 0 aliphatic rings. The predicted molar refractivity (Wildman–Crippen MR) is 70.9 cm³/mol. The zero-order chi connectivity index (χ0) is 14.7. The van der Waals surface area contributed by atoms with Crippen molar-refractivity contribution in [1.29, 1.82) is 0 Å². The molecule has 1 N–H and O–H groups in total. The van der Waals surface area contributed by atoms with Gasteiger partial charge in [0.15, 0.2) is 11.6 Å². The van der Waals surface area contributed by atoms with E-state index in [1.54, 1.807) is 6.92 Å². The van der Waals surface area contributed by atoms with Gasteiger partial charge in [-0.25, -0.2) is 23.1 Å². The Morgan fingerprint density at radius 2 is 1.70 bits per heavy atom. The first-order valence-corrected chi connectivity index (χ1v) is 6.25. The van der Waals surface area contributed by atoms with E-state index in [2.05, 4.69) is 15.3 Å². The number of hydrogen-bond acceptors (Lipinski definition) is 3.